The normalized spacial score (nSPS) is 9.57. The van der Waals surface area contributed by atoms with E-state index in [0.717, 1.165) is 10.8 Å². The number of nitrogens with two attached hydrogens (primary N) is 1. The van der Waals surface area contributed by atoms with E-state index in [1.165, 1.54) is 0 Å². The minimum absolute atomic E-state index is 0. The van der Waals surface area contributed by atoms with Crippen molar-refractivity contribution in [2.24, 2.45) is 5.84 Å². The number of nitrogen functional groups attached to an aromatic ring is 1. The number of anilines is 1. The van der Waals surface area contributed by atoms with Crippen LogP contribution in [0.4, 0.5) is 5.82 Å². The van der Waals surface area contributed by atoms with Crippen molar-refractivity contribution in [1.82, 2.24) is 10.2 Å². The maximum absolute atomic E-state index is 5.84. The second-order valence-corrected chi connectivity index (χ2v) is 2.89. The molecular weight excluding hydrogens is 223 g/mol. The van der Waals surface area contributed by atoms with Gasteiger partial charge in [0.2, 0.25) is 0 Å². The number of benzene rings is 1. The van der Waals surface area contributed by atoms with Crippen LogP contribution in [0.3, 0.4) is 0 Å². The molecule has 0 unspecified atom stereocenters. The molecular formula is C8H8Cl2N4. The molecule has 0 aliphatic carbocycles. The molecule has 1 aromatic heterocycles. The van der Waals surface area contributed by atoms with E-state index in [1.54, 1.807) is 0 Å². The fraction of sp³-hybridized carbons (Fsp3) is 0. The van der Waals surface area contributed by atoms with Crippen molar-refractivity contribution in [2.45, 2.75) is 0 Å². The zero-order valence-corrected chi connectivity index (χ0v) is 8.64. The molecule has 74 valence electrons. The van der Waals surface area contributed by atoms with Gasteiger partial charge in [0.05, 0.1) is 0 Å². The number of aromatic nitrogens is 2. The molecule has 1 heterocycles. The van der Waals surface area contributed by atoms with Crippen LogP contribution < -0.4 is 11.3 Å². The molecule has 0 amide bonds. The van der Waals surface area contributed by atoms with Crippen LogP contribution >= 0.6 is 24.0 Å². The Morgan fingerprint density at radius 2 is 1.79 bits per heavy atom. The van der Waals surface area contributed by atoms with Crippen molar-refractivity contribution in [3.8, 4) is 0 Å². The molecule has 0 saturated heterocycles. The third kappa shape index (κ3) is 1.72. The second kappa shape index (κ2) is 4.41. The van der Waals surface area contributed by atoms with Crippen molar-refractivity contribution >= 4 is 40.6 Å². The molecule has 0 bridgehead atoms. The molecule has 0 aliphatic rings. The first-order chi connectivity index (χ1) is 6.33. The monoisotopic (exact) mass is 230 g/mol. The van der Waals surface area contributed by atoms with E-state index in [1.807, 2.05) is 24.3 Å². The van der Waals surface area contributed by atoms with E-state index in [0.29, 0.717) is 11.0 Å². The molecule has 0 aliphatic heterocycles. The highest BCUT2D eigenvalue weighted by molar-refractivity contribution is 6.34. The standard InChI is InChI=1S/C8H7ClN4.ClH/c9-7-5-3-1-2-4-6(5)8(11-10)13-12-7;/h1-4H,10H2,(H,11,13);1H. The molecule has 3 N–H and O–H groups in total. The van der Waals surface area contributed by atoms with Crippen LogP contribution in [0, 0.1) is 0 Å². The highest BCUT2D eigenvalue weighted by atomic mass is 35.5. The summed E-state index contributed by atoms with van der Waals surface area (Å²) in [6.45, 7) is 0. The fourth-order valence-corrected chi connectivity index (χ4v) is 1.38. The maximum Gasteiger partial charge on any atom is 0.170 e. The summed E-state index contributed by atoms with van der Waals surface area (Å²) >= 11 is 5.84. The molecule has 1 aromatic carbocycles. The Bertz CT molecular complexity index is 446. The van der Waals surface area contributed by atoms with Gasteiger partial charge < -0.3 is 5.43 Å². The van der Waals surface area contributed by atoms with Crippen LogP contribution in [0.25, 0.3) is 10.8 Å². The van der Waals surface area contributed by atoms with Gasteiger partial charge in [0, 0.05) is 10.8 Å². The van der Waals surface area contributed by atoms with Crippen LogP contribution in [0.5, 0.6) is 0 Å². The van der Waals surface area contributed by atoms with Gasteiger partial charge in [-0.25, -0.2) is 5.84 Å². The quantitative estimate of drug-likeness (QED) is 0.581. The van der Waals surface area contributed by atoms with Gasteiger partial charge in [-0.05, 0) is 0 Å². The third-order valence-corrected chi connectivity index (χ3v) is 2.06. The summed E-state index contributed by atoms with van der Waals surface area (Å²) in [5.74, 6) is 5.80. The molecule has 2 rings (SSSR count). The largest absolute Gasteiger partial charge is 0.306 e. The van der Waals surface area contributed by atoms with Gasteiger partial charge >= 0.3 is 0 Å². The van der Waals surface area contributed by atoms with E-state index in [2.05, 4.69) is 15.6 Å². The highest BCUT2D eigenvalue weighted by Crippen LogP contribution is 2.24. The van der Waals surface area contributed by atoms with E-state index in [-0.39, 0.29) is 12.4 Å². The first kappa shape index (κ1) is 11.0. The minimum Gasteiger partial charge on any atom is -0.306 e. The second-order valence-electron chi connectivity index (χ2n) is 2.53. The van der Waals surface area contributed by atoms with E-state index in [4.69, 9.17) is 17.4 Å². The molecule has 14 heavy (non-hydrogen) atoms. The van der Waals surface area contributed by atoms with E-state index >= 15 is 0 Å². The van der Waals surface area contributed by atoms with Gasteiger partial charge in [-0.1, -0.05) is 35.9 Å². The SMILES string of the molecule is Cl.NNc1nnc(Cl)c2ccccc12. The van der Waals surface area contributed by atoms with Crippen LogP contribution in [-0.2, 0) is 0 Å². The number of rotatable bonds is 1. The first-order valence-corrected chi connectivity index (χ1v) is 4.08. The number of hydrogen-bond donors (Lipinski definition) is 2. The molecule has 4 nitrogen and oxygen atoms in total. The Kier molecular flexibility index (Phi) is 3.46. The Hall–Kier alpha value is -1.10. The van der Waals surface area contributed by atoms with Gasteiger partial charge in [0.1, 0.15) is 0 Å². The fourth-order valence-electron chi connectivity index (χ4n) is 1.18. The number of hydrazine groups is 1. The Morgan fingerprint density at radius 1 is 1.14 bits per heavy atom. The summed E-state index contributed by atoms with van der Waals surface area (Å²) < 4.78 is 0. The van der Waals surface area contributed by atoms with Gasteiger partial charge in [0.25, 0.3) is 0 Å². The zero-order chi connectivity index (χ0) is 9.26. The summed E-state index contributed by atoms with van der Waals surface area (Å²) in [4.78, 5) is 0. The molecule has 6 heteroatoms. The number of hydrogen-bond acceptors (Lipinski definition) is 4. The Morgan fingerprint density at radius 3 is 2.43 bits per heavy atom. The minimum atomic E-state index is 0. The predicted molar refractivity (Wildman–Crippen MR) is 59.6 cm³/mol. The van der Waals surface area contributed by atoms with Gasteiger partial charge in [0.15, 0.2) is 11.0 Å². The van der Waals surface area contributed by atoms with E-state index < -0.39 is 0 Å². The number of fused-ring (bicyclic) bond motifs is 1. The molecule has 0 radical (unpaired) electrons. The summed E-state index contributed by atoms with van der Waals surface area (Å²) in [5.41, 5.74) is 2.46. The average molecular weight is 231 g/mol. The van der Waals surface area contributed by atoms with Crippen LogP contribution in [0.15, 0.2) is 24.3 Å². The summed E-state index contributed by atoms with van der Waals surface area (Å²) in [7, 11) is 0. The van der Waals surface area contributed by atoms with Gasteiger partial charge in [-0.2, -0.15) is 0 Å². The van der Waals surface area contributed by atoms with Crippen LogP contribution in [0.2, 0.25) is 5.15 Å². The average Bonchev–Trinajstić information content (AvgIpc) is 2.19. The highest BCUT2D eigenvalue weighted by Gasteiger charge is 2.04. The van der Waals surface area contributed by atoms with Crippen molar-refractivity contribution in [3.63, 3.8) is 0 Å². The molecule has 0 atom stereocenters. The number of nitrogens with one attached hydrogen (secondary N) is 1. The molecule has 0 spiro atoms. The smallest absolute Gasteiger partial charge is 0.170 e. The van der Waals surface area contributed by atoms with Crippen molar-refractivity contribution in [1.29, 1.82) is 0 Å². The van der Waals surface area contributed by atoms with Crippen molar-refractivity contribution in [3.05, 3.63) is 29.4 Å². The van der Waals surface area contributed by atoms with Crippen LogP contribution in [-0.4, -0.2) is 10.2 Å². The summed E-state index contributed by atoms with van der Waals surface area (Å²) in [5, 5.41) is 9.65. The zero-order valence-electron chi connectivity index (χ0n) is 7.07. The van der Waals surface area contributed by atoms with Gasteiger partial charge in [-0.15, -0.1) is 22.6 Å². The maximum atomic E-state index is 5.84. The summed E-state index contributed by atoms with van der Waals surface area (Å²) in [6.07, 6.45) is 0. The predicted octanol–water partition coefficient (Wildman–Crippen LogP) is 1.99. The van der Waals surface area contributed by atoms with E-state index in [9.17, 15) is 0 Å². The van der Waals surface area contributed by atoms with Crippen LogP contribution in [0.1, 0.15) is 0 Å². The number of halogens is 2. The first-order valence-electron chi connectivity index (χ1n) is 3.70. The van der Waals surface area contributed by atoms with Crippen molar-refractivity contribution in [2.75, 3.05) is 5.43 Å². The van der Waals surface area contributed by atoms with Gasteiger partial charge in [-0.3, -0.25) is 0 Å². The number of nitrogens with zero attached hydrogens (tertiary/aromatic N) is 2. The Balaban J connectivity index is 0.000000980. The lowest BCUT2D eigenvalue weighted by Crippen LogP contribution is -2.09. The molecule has 2 aromatic rings. The lowest BCUT2D eigenvalue weighted by Gasteiger charge is -2.03. The lowest BCUT2D eigenvalue weighted by molar-refractivity contribution is 1.04. The molecule has 0 fully saturated rings. The molecule has 0 saturated carbocycles. The lowest BCUT2D eigenvalue weighted by atomic mass is 10.2. The third-order valence-electron chi connectivity index (χ3n) is 1.78. The van der Waals surface area contributed by atoms with Crippen molar-refractivity contribution < 1.29 is 0 Å². The summed E-state index contributed by atoms with van der Waals surface area (Å²) in [6, 6.07) is 7.52. The topological polar surface area (TPSA) is 63.8 Å². The Labute approximate surface area is 91.8 Å².